The summed E-state index contributed by atoms with van der Waals surface area (Å²) in [6.07, 6.45) is 0.968. The molecule has 1 atom stereocenters. The minimum atomic E-state index is -0.350. The van der Waals surface area contributed by atoms with Crippen LogP contribution in [-0.4, -0.2) is 18.8 Å². The van der Waals surface area contributed by atoms with E-state index in [1.54, 1.807) is 0 Å². The van der Waals surface area contributed by atoms with Gasteiger partial charge in [-0.1, -0.05) is 12.1 Å². The van der Waals surface area contributed by atoms with Crippen LogP contribution in [0.5, 0.6) is 5.75 Å². The van der Waals surface area contributed by atoms with E-state index < -0.39 is 0 Å². The zero-order chi connectivity index (χ0) is 13.2. The largest absolute Gasteiger partial charge is 0.493 e. The van der Waals surface area contributed by atoms with Gasteiger partial charge in [0.2, 0.25) is 0 Å². The van der Waals surface area contributed by atoms with E-state index in [9.17, 15) is 0 Å². The van der Waals surface area contributed by atoms with E-state index in [-0.39, 0.29) is 11.6 Å². The lowest BCUT2D eigenvalue weighted by Gasteiger charge is -2.34. The van der Waals surface area contributed by atoms with Gasteiger partial charge in [0, 0.05) is 13.0 Å². The van der Waals surface area contributed by atoms with Crippen molar-refractivity contribution in [1.82, 2.24) is 5.43 Å². The molecule has 1 aliphatic rings. The van der Waals surface area contributed by atoms with Gasteiger partial charge in [-0.3, -0.25) is 11.3 Å². The molecule has 0 saturated heterocycles. The highest BCUT2D eigenvalue weighted by Gasteiger charge is 2.31. The standard InChI is InChI=1S/C14H22N2O2/c1-4-18-14(2,3)13(16-15)11-5-6-12-10(9-11)7-8-17-12/h5-6,9,13,16H,4,7-8,15H2,1-3H3. The maximum absolute atomic E-state index is 5.78. The van der Waals surface area contributed by atoms with Gasteiger partial charge in [0.15, 0.2) is 0 Å². The van der Waals surface area contributed by atoms with Gasteiger partial charge in [-0.15, -0.1) is 0 Å². The van der Waals surface area contributed by atoms with Crippen LogP contribution < -0.4 is 16.0 Å². The van der Waals surface area contributed by atoms with Gasteiger partial charge in [-0.05, 0) is 38.0 Å². The number of fused-ring (bicyclic) bond motifs is 1. The maximum atomic E-state index is 5.78. The van der Waals surface area contributed by atoms with Crippen LogP contribution in [0.25, 0.3) is 0 Å². The quantitative estimate of drug-likeness (QED) is 0.619. The third kappa shape index (κ3) is 2.51. The van der Waals surface area contributed by atoms with Gasteiger partial charge in [-0.25, -0.2) is 0 Å². The molecule has 0 bridgehead atoms. The highest BCUT2D eigenvalue weighted by molar-refractivity contribution is 5.41. The van der Waals surface area contributed by atoms with Crippen molar-refractivity contribution < 1.29 is 9.47 Å². The first-order valence-corrected chi connectivity index (χ1v) is 6.44. The van der Waals surface area contributed by atoms with Crippen molar-refractivity contribution in [2.24, 2.45) is 5.84 Å². The summed E-state index contributed by atoms with van der Waals surface area (Å²) < 4.78 is 11.3. The minimum Gasteiger partial charge on any atom is -0.493 e. The summed E-state index contributed by atoms with van der Waals surface area (Å²) >= 11 is 0. The summed E-state index contributed by atoms with van der Waals surface area (Å²) in [7, 11) is 0. The summed E-state index contributed by atoms with van der Waals surface area (Å²) in [4.78, 5) is 0. The normalized spacial score (nSPS) is 16.2. The predicted molar refractivity (Wildman–Crippen MR) is 71.4 cm³/mol. The van der Waals surface area contributed by atoms with Crippen LogP contribution in [0, 0.1) is 0 Å². The molecule has 1 unspecified atom stereocenters. The molecule has 4 heteroatoms. The van der Waals surface area contributed by atoms with Crippen molar-refractivity contribution in [3.8, 4) is 5.75 Å². The lowest BCUT2D eigenvalue weighted by molar-refractivity contribution is -0.0392. The Hall–Kier alpha value is -1.10. The topological polar surface area (TPSA) is 56.5 Å². The Labute approximate surface area is 108 Å². The molecule has 0 spiro atoms. The second kappa shape index (κ2) is 5.26. The fraction of sp³-hybridized carbons (Fsp3) is 0.571. The van der Waals surface area contributed by atoms with Crippen molar-refractivity contribution in [3.63, 3.8) is 0 Å². The molecule has 0 saturated carbocycles. The van der Waals surface area contributed by atoms with Gasteiger partial charge in [-0.2, -0.15) is 0 Å². The summed E-state index contributed by atoms with van der Waals surface area (Å²) in [6.45, 7) is 7.52. The average molecular weight is 250 g/mol. The van der Waals surface area contributed by atoms with Crippen LogP contribution in [0.1, 0.15) is 37.9 Å². The molecule has 3 N–H and O–H groups in total. The van der Waals surface area contributed by atoms with Crippen LogP contribution in [0.3, 0.4) is 0 Å². The van der Waals surface area contributed by atoms with Crippen LogP contribution >= 0.6 is 0 Å². The van der Waals surface area contributed by atoms with E-state index in [1.807, 2.05) is 26.8 Å². The molecular formula is C14H22N2O2. The number of ether oxygens (including phenoxy) is 2. The fourth-order valence-electron chi connectivity index (χ4n) is 2.54. The van der Waals surface area contributed by atoms with Crippen LogP contribution in [-0.2, 0) is 11.2 Å². The molecule has 2 rings (SSSR count). The number of hydrogen-bond acceptors (Lipinski definition) is 4. The number of benzene rings is 1. The monoisotopic (exact) mass is 250 g/mol. The number of rotatable bonds is 5. The molecule has 4 nitrogen and oxygen atoms in total. The SMILES string of the molecule is CCOC(C)(C)C(NN)c1ccc2c(c1)CCO2. The molecular weight excluding hydrogens is 228 g/mol. The van der Waals surface area contributed by atoms with Gasteiger partial charge in [0.1, 0.15) is 5.75 Å². The van der Waals surface area contributed by atoms with E-state index in [4.69, 9.17) is 15.3 Å². The lowest BCUT2D eigenvalue weighted by atomic mass is 9.91. The van der Waals surface area contributed by atoms with Crippen LogP contribution in [0.15, 0.2) is 18.2 Å². The second-order valence-electron chi connectivity index (χ2n) is 5.10. The van der Waals surface area contributed by atoms with Crippen molar-refractivity contribution in [2.75, 3.05) is 13.2 Å². The minimum absolute atomic E-state index is 0.0386. The highest BCUT2D eigenvalue weighted by atomic mass is 16.5. The van der Waals surface area contributed by atoms with Crippen molar-refractivity contribution in [1.29, 1.82) is 0 Å². The molecule has 18 heavy (non-hydrogen) atoms. The molecule has 1 aliphatic heterocycles. The molecule has 0 amide bonds. The highest BCUT2D eigenvalue weighted by Crippen LogP contribution is 2.33. The maximum Gasteiger partial charge on any atom is 0.122 e. The molecule has 0 fully saturated rings. The molecule has 0 radical (unpaired) electrons. The van der Waals surface area contributed by atoms with E-state index in [0.29, 0.717) is 6.61 Å². The number of nitrogens with two attached hydrogens (primary N) is 1. The molecule has 100 valence electrons. The molecule has 1 heterocycles. The zero-order valence-electron chi connectivity index (χ0n) is 11.3. The molecule has 0 aliphatic carbocycles. The molecule has 0 aromatic heterocycles. The Morgan fingerprint density at radius 1 is 1.50 bits per heavy atom. The third-order valence-electron chi connectivity index (χ3n) is 3.43. The number of nitrogens with one attached hydrogen (secondary N) is 1. The smallest absolute Gasteiger partial charge is 0.122 e. The van der Waals surface area contributed by atoms with Gasteiger partial charge >= 0.3 is 0 Å². The summed E-state index contributed by atoms with van der Waals surface area (Å²) in [5, 5.41) is 0. The fourth-order valence-corrected chi connectivity index (χ4v) is 2.54. The Morgan fingerprint density at radius 2 is 2.28 bits per heavy atom. The van der Waals surface area contributed by atoms with E-state index in [1.165, 1.54) is 5.56 Å². The lowest BCUT2D eigenvalue weighted by Crippen LogP contribution is -2.44. The zero-order valence-corrected chi connectivity index (χ0v) is 11.3. The summed E-state index contributed by atoms with van der Waals surface area (Å²) in [5.41, 5.74) is 4.91. The van der Waals surface area contributed by atoms with Crippen LogP contribution in [0.4, 0.5) is 0 Å². The first-order valence-electron chi connectivity index (χ1n) is 6.44. The van der Waals surface area contributed by atoms with Crippen molar-refractivity contribution >= 4 is 0 Å². The van der Waals surface area contributed by atoms with Gasteiger partial charge in [0.05, 0.1) is 18.2 Å². The van der Waals surface area contributed by atoms with E-state index in [0.717, 1.165) is 24.3 Å². The Kier molecular flexibility index (Phi) is 3.90. The van der Waals surface area contributed by atoms with E-state index >= 15 is 0 Å². The predicted octanol–water partition coefficient (Wildman–Crippen LogP) is 1.94. The summed E-state index contributed by atoms with van der Waals surface area (Å²) in [5.74, 6) is 6.69. The Morgan fingerprint density at radius 3 is 2.94 bits per heavy atom. The average Bonchev–Trinajstić information content (AvgIpc) is 2.76. The van der Waals surface area contributed by atoms with Crippen molar-refractivity contribution in [3.05, 3.63) is 29.3 Å². The third-order valence-corrected chi connectivity index (χ3v) is 3.43. The van der Waals surface area contributed by atoms with Crippen LogP contribution in [0.2, 0.25) is 0 Å². The van der Waals surface area contributed by atoms with Gasteiger partial charge in [0.25, 0.3) is 0 Å². The number of hydrogen-bond donors (Lipinski definition) is 2. The van der Waals surface area contributed by atoms with Gasteiger partial charge < -0.3 is 9.47 Å². The first kappa shape index (κ1) is 13.3. The first-order chi connectivity index (χ1) is 8.58. The molecule has 1 aromatic carbocycles. The van der Waals surface area contributed by atoms with E-state index in [2.05, 4.69) is 17.6 Å². The Bertz CT molecular complexity index is 418. The second-order valence-corrected chi connectivity index (χ2v) is 5.10. The summed E-state index contributed by atoms with van der Waals surface area (Å²) in [6, 6.07) is 6.19. The Balaban J connectivity index is 2.27. The molecule has 1 aromatic rings. The van der Waals surface area contributed by atoms with Crippen molar-refractivity contribution in [2.45, 2.75) is 38.8 Å². The number of hydrazine groups is 1.